The molecule has 1 N–H and O–H groups in total. The van der Waals surface area contributed by atoms with Crippen LogP contribution in [-0.4, -0.2) is 30.2 Å². The Kier molecular flexibility index (Phi) is 4.58. The highest BCUT2D eigenvalue weighted by molar-refractivity contribution is 5.81. The molecule has 0 saturated heterocycles. The first-order chi connectivity index (χ1) is 7.56. The van der Waals surface area contributed by atoms with E-state index in [0.29, 0.717) is 0 Å². The van der Waals surface area contributed by atoms with E-state index in [4.69, 9.17) is 0 Å². The maximum Gasteiger partial charge on any atom is 0.425 e. The Labute approximate surface area is 96.1 Å². The van der Waals surface area contributed by atoms with Crippen molar-refractivity contribution in [2.45, 2.75) is 45.6 Å². The summed E-state index contributed by atoms with van der Waals surface area (Å²) in [4.78, 5) is 23.2. The molecule has 1 aliphatic carbocycles. The SMILES string of the molecule is COC(=O)NN(C(=O)C1CCCC1)C(C)C. The smallest absolute Gasteiger partial charge is 0.425 e. The molecule has 0 unspecified atom stereocenters. The molecule has 16 heavy (non-hydrogen) atoms. The van der Waals surface area contributed by atoms with Gasteiger partial charge in [0.2, 0.25) is 5.91 Å². The van der Waals surface area contributed by atoms with Crippen LogP contribution in [0.15, 0.2) is 0 Å². The zero-order chi connectivity index (χ0) is 12.1. The van der Waals surface area contributed by atoms with Gasteiger partial charge < -0.3 is 4.74 Å². The summed E-state index contributed by atoms with van der Waals surface area (Å²) >= 11 is 0. The fraction of sp³-hybridized carbons (Fsp3) is 0.818. The van der Waals surface area contributed by atoms with E-state index < -0.39 is 6.09 Å². The second-order valence-corrected chi connectivity index (χ2v) is 4.39. The van der Waals surface area contributed by atoms with Gasteiger partial charge in [-0.3, -0.25) is 4.79 Å². The average molecular weight is 228 g/mol. The number of hydrazine groups is 1. The number of carbonyl (C=O) groups is 2. The minimum atomic E-state index is -0.597. The van der Waals surface area contributed by atoms with Crippen molar-refractivity contribution in [3.8, 4) is 0 Å². The van der Waals surface area contributed by atoms with Crippen molar-refractivity contribution in [1.82, 2.24) is 10.4 Å². The number of nitrogens with zero attached hydrogens (tertiary/aromatic N) is 1. The van der Waals surface area contributed by atoms with Crippen LogP contribution in [0.3, 0.4) is 0 Å². The Morgan fingerprint density at radius 1 is 1.31 bits per heavy atom. The Bertz CT molecular complexity index is 260. The molecule has 5 heteroatoms. The molecule has 0 heterocycles. The Hall–Kier alpha value is -1.26. The van der Waals surface area contributed by atoms with Crippen LogP contribution >= 0.6 is 0 Å². The molecule has 0 aliphatic heterocycles. The van der Waals surface area contributed by atoms with Gasteiger partial charge in [0.1, 0.15) is 0 Å². The zero-order valence-electron chi connectivity index (χ0n) is 10.2. The highest BCUT2D eigenvalue weighted by Crippen LogP contribution is 2.26. The van der Waals surface area contributed by atoms with Crippen LogP contribution in [0.1, 0.15) is 39.5 Å². The number of ether oxygens (including phenoxy) is 1. The van der Waals surface area contributed by atoms with Crippen molar-refractivity contribution >= 4 is 12.0 Å². The molecule has 0 bridgehead atoms. The Morgan fingerprint density at radius 3 is 2.31 bits per heavy atom. The number of methoxy groups -OCH3 is 1. The fourth-order valence-corrected chi connectivity index (χ4v) is 1.95. The van der Waals surface area contributed by atoms with Crippen LogP contribution in [-0.2, 0) is 9.53 Å². The summed E-state index contributed by atoms with van der Waals surface area (Å²) in [5.41, 5.74) is 2.47. The molecule has 0 radical (unpaired) electrons. The van der Waals surface area contributed by atoms with Gasteiger partial charge in [-0.25, -0.2) is 15.2 Å². The van der Waals surface area contributed by atoms with Gasteiger partial charge in [-0.2, -0.15) is 0 Å². The molecule has 92 valence electrons. The Morgan fingerprint density at radius 2 is 1.88 bits per heavy atom. The van der Waals surface area contributed by atoms with E-state index >= 15 is 0 Å². The number of hydrogen-bond donors (Lipinski definition) is 1. The molecular formula is C11H20N2O3. The van der Waals surface area contributed by atoms with Gasteiger partial charge in [-0.05, 0) is 26.7 Å². The third kappa shape index (κ3) is 3.12. The molecule has 1 rings (SSSR count). The second kappa shape index (κ2) is 5.72. The Balaban J connectivity index is 2.61. The van der Waals surface area contributed by atoms with E-state index in [0.717, 1.165) is 25.7 Å². The molecule has 1 fully saturated rings. The van der Waals surface area contributed by atoms with Crippen molar-refractivity contribution in [3.05, 3.63) is 0 Å². The van der Waals surface area contributed by atoms with Crippen molar-refractivity contribution in [1.29, 1.82) is 0 Å². The van der Waals surface area contributed by atoms with E-state index in [1.807, 2.05) is 13.8 Å². The molecule has 5 nitrogen and oxygen atoms in total. The maximum absolute atomic E-state index is 12.1. The van der Waals surface area contributed by atoms with Gasteiger partial charge >= 0.3 is 6.09 Å². The molecule has 0 aromatic heterocycles. The number of nitrogens with one attached hydrogen (secondary N) is 1. The minimum absolute atomic E-state index is 0.00194. The summed E-state index contributed by atoms with van der Waals surface area (Å²) in [7, 11) is 1.29. The highest BCUT2D eigenvalue weighted by atomic mass is 16.5. The maximum atomic E-state index is 12.1. The normalized spacial score (nSPS) is 16.2. The average Bonchev–Trinajstić information content (AvgIpc) is 2.77. The van der Waals surface area contributed by atoms with Crippen molar-refractivity contribution in [2.75, 3.05) is 7.11 Å². The third-order valence-corrected chi connectivity index (χ3v) is 2.86. The highest BCUT2D eigenvalue weighted by Gasteiger charge is 2.29. The van der Waals surface area contributed by atoms with Gasteiger partial charge in [0.15, 0.2) is 0 Å². The van der Waals surface area contributed by atoms with Crippen LogP contribution < -0.4 is 5.43 Å². The van der Waals surface area contributed by atoms with E-state index in [2.05, 4.69) is 10.2 Å². The summed E-state index contributed by atoms with van der Waals surface area (Å²) in [5, 5.41) is 1.38. The molecule has 1 saturated carbocycles. The predicted molar refractivity (Wildman–Crippen MR) is 59.5 cm³/mol. The zero-order valence-corrected chi connectivity index (χ0v) is 10.2. The van der Waals surface area contributed by atoms with E-state index in [1.54, 1.807) is 0 Å². The lowest BCUT2D eigenvalue weighted by Crippen LogP contribution is -2.51. The lowest BCUT2D eigenvalue weighted by molar-refractivity contribution is -0.140. The largest absolute Gasteiger partial charge is 0.452 e. The van der Waals surface area contributed by atoms with Crippen molar-refractivity contribution in [3.63, 3.8) is 0 Å². The molecule has 1 aliphatic rings. The van der Waals surface area contributed by atoms with Crippen LogP contribution in [0.2, 0.25) is 0 Å². The van der Waals surface area contributed by atoms with Crippen LogP contribution in [0.25, 0.3) is 0 Å². The first-order valence-corrected chi connectivity index (χ1v) is 5.74. The molecule has 0 aromatic carbocycles. The van der Waals surface area contributed by atoms with Crippen LogP contribution in [0.4, 0.5) is 4.79 Å². The van der Waals surface area contributed by atoms with Gasteiger partial charge in [0.05, 0.1) is 7.11 Å². The number of amides is 2. The first kappa shape index (κ1) is 12.8. The lowest BCUT2D eigenvalue weighted by Gasteiger charge is -2.28. The summed E-state index contributed by atoms with van der Waals surface area (Å²) in [5.74, 6) is 0.0532. The van der Waals surface area contributed by atoms with Gasteiger partial charge in [0.25, 0.3) is 0 Å². The molecule has 0 spiro atoms. The van der Waals surface area contributed by atoms with Gasteiger partial charge in [-0.15, -0.1) is 0 Å². The third-order valence-electron chi connectivity index (χ3n) is 2.86. The van der Waals surface area contributed by atoms with E-state index in [-0.39, 0.29) is 17.9 Å². The van der Waals surface area contributed by atoms with Crippen LogP contribution in [0.5, 0.6) is 0 Å². The number of rotatable bonds is 2. The first-order valence-electron chi connectivity index (χ1n) is 5.74. The van der Waals surface area contributed by atoms with Crippen LogP contribution in [0, 0.1) is 5.92 Å². The summed E-state index contributed by atoms with van der Waals surface area (Å²) in [6.45, 7) is 3.73. The summed E-state index contributed by atoms with van der Waals surface area (Å²) in [6.07, 6.45) is 3.44. The fourth-order valence-electron chi connectivity index (χ4n) is 1.95. The second-order valence-electron chi connectivity index (χ2n) is 4.39. The standard InChI is InChI=1S/C11H20N2O3/c1-8(2)13(12-11(15)16-3)10(14)9-6-4-5-7-9/h8-9H,4-7H2,1-3H3,(H,12,15). The van der Waals surface area contributed by atoms with Gasteiger partial charge in [0, 0.05) is 12.0 Å². The monoisotopic (exact) mass is 228 g/mol. The quantitative estimate of drug-likeness (QED) is 0.732. The predicted octanol–water partition coefficient (Wildman–Crippen LogP) is 1.68. The van der Waals surface area contributed by atoms with Crippen molar-refractivity contribution < 1.29 is 14.3 Å². The summed E-state index contributed by atoms with van der Waals surface area (Å²) in [6, 6.07) is -0.0628. The van der Waals surface area contributed by atoms with Gasteiger partial charge in [-0.1, -0.05) is 12.8 Å². The number of hydrogen-bond acceptors (Lipinski definition) is 3. The molecule has 0 aromatic rings. The lowest BCUT2D eigenvalue weighted by atomic mass is 10.1. The molecule has 2 amide bonds. The molecule has 0 atom stereocenters. The molecular weight excluding hydrogens is 208 g/mol. The topological polar surface area (TPSA) is 58.6 Å². The summed E-state index contributed by atoms with van der Waals surface area (Å²) < 4.78 is 4.50. The minimum Gasteiger partial charge on any atom is -0.452 e. The van der Waals surface area contributed by atoms with E-state index in [9.17, 15) is 9.59 Å². The van der Waals surface area contributed by atoms with Crippen molar-refractivity contribution in [2.24, 2.45) is 5.92 Å². The number of carbonyl (C=O) groups excluding carboxylic acids is 2. The van der Waals surface area contributed by atoms with E-state index in [1.165, 1.54) is 12.1 Å².